The van der Waals surface area contributed by atoms with E-state index in [2.05, 4.69) is 25.8 Å². The third-order valence-electron chi connectivity index (χ3n) is 1.64. The summed E-state index contributed by atoms with van der Waals surface area (Å²) in [7, 11) is 0. The summed E-state index contributed by atoms with van der Waals surface area (Å²) in [5, 5.41) is 0. The average molecular weight is 193 g/mol. The number of rotatable bonds is 2. The van der Waals surface area contributed by atoms with E-state index in [1.807, 2.05) is 12.3 Å². The normalized spacial score (nSPS) is 12.3. The van der Waals surface area contributed by atoms with E-state index in [0.717, 1.165) is 5.56 Å². The van der Waals surface area contributed by atoms with Gasteiger partial charge in [0.1, 0.15) is 5.82 Å². The summed E-state index contributed by atoms with van der Waals surface area (Å²) in [5.74, 6) is -0.201. The first-order valence-corrected chi connectivity index (χ1v) is 4.73. The van der Waals surface area contributed by atoms with Crippen molar-refractivity contribution in [1.29, 1.82) is 0 Å². The molecule has 1 nitrogen and oxygen atoms in total. The predicted molar refractivity (Wildman–Crippen MR) is 58.1 cm³/mol. The third-order valence-corrected chi connectivity index (χ3v) is 1.64. The average Bonchev–Trinajstić information content (AvgIpc) is 2.01. The van der Waals surface area contributed by atoms with E-state index in [1.54, 1.807) is 6.07 Å². The van der Waals surface area contributed by atoms with Crippen molar-refractivity contribution in [3.63, 3.8) is 0 Å². The lowest BCUT2D eigenvalue weighted by molar-refractivity contribution is 0.603. The highest BCUT2D eigenvalue weighted by molar-refractivity contribution is 5.63. The minimum Gasteiger partial charge on any atom is -0.292 e. The molecule has 0 aromatic heterocycles. The van der Waals surface area contributed by atoms with Gasteiger partial charge >= 0.3 is 0 Å². The highest BCUT2D eigenvalue weighted by Gasteiger charge is 2.04. The lowest BCUT2D eigenvalue weighted by Crippen LogP contribution is -2.06. The number of nitrogens with zero attached hydrogens (tertiary/aromatic N) is 1. The van der Waals surface area contributed by atoms with Crippen LogP contribution in [0.5, 0.6) is 0 Å². The van der Waals surface area contributed by atoms with Crippen LogP contribution in [0.3, 0.4) is 0 Å². The van der Waals surface area contributed by atoms with Crippen molar-refractivity contribution in [3.8, 4) is 0 Å². The Hall–Kier alpha value is -1.18. The quantitative estimate of drug-likeness (QED) is 0.638. The monoisotopic (exact) mass is 193 g/mol. The van der Waals surface area contributed by atoms with E-state index >= 15 is 0 Å². The third kappa shape index (κ3) is 4.17. The van der Waals surface area contributed by atoms with Gasteiger partial charge in [-0.1, -0.05) is 32.9 Å². The van der Waals surface area contributed by atoms with Gasteiger partial charge in [0, 0.05) is 6.21 Å². The van der Waals surface area contributed by atoms with Crippen molar-refractivity contribution in [2.24, 2.45) is 10.4 Å². The number of aliphatic imine (C=N–C) groups is 1. The van der Waals surface area contributed by atoms with Crippen molar-refractivity contribution in [1.82, 2.24) is 0 Å². The lowest BCUT2D eigenvalue weighted by Gasteiger charge is -2.09. The van der Waals surface area contributed by atoms with Crippen LogP contribution in [0.4, 0.5) is 4.39 Å². The molecule has 0 fully saturated rings. The largest absolute Gasteiger partial charge is 0.292 e. The SMILES string of the molecule is CC(C)(C)C=NCc1cccc(F)c1. The topological polar surface area (TPSA) is 12.4 Å². The second kappa shape index (κ2) is 4.36. The van der Waals surface area contributed by atoms with Crippen LogP contribution in [0, 0.1) is 11.2 Å². The zero-order valence-electron chi connectivity index (χ0n) is 8.92. The van der Waals surface area contributed by atoms with Gasteiger partial charge in [-0.05, 0) is 23.1 Å². The molecule has 0 heterocycles. The molecule has 0 aliphatic rings. The van der Waals surface area contributed by atoms with Crippen molar-refractivity contribution in [2.75, 3.05) is 0 Å². The van der Waals surface area contributed by atoms with E-state index in [-0.39, 0.29) is 11.2 Å². The van der Waals surface area contributed by atoms with E-state index in [1.165, 1.54) is 12.1 Å². The molecule has 1 aromatic rings. The van der Waals surface area contributed by atoms with Gasteiger partial charge in [-0.2, -0.15) is 0 Å². The van der Waals surface area contributed by atoms with Gasteiger partial charge in [-0.3, -0.25) is 4.99 Å². The Labute approximate surface area is 84.7 Å². The van der Waals surface area contributed by atoms with Crippen molar-refractivity contribution in [2.45, 2.75) is 27.3 Å². The van der Waals surface area contributed by atoms with Gasteiger partial charge in [0.2, 0.25) is 0 Å². The molecular formula is C12H16FN. The van der Waals surface area contributed by atoms with Crippen LogP contribution in [0.1, 0.15) is 26.3 Å². The van der Waals surface area contributed by atoms with Crippen LogP contribution in [0.15, 0.2) is 29.3 Å². The summed E-state index contributed by atoms with van der Waals surface area (Å²) in [6.45, 7) is 6.81. The number of halogens is 1. The highest BCUT2D eigenvalue weighted by atomic mass is 19.1. The summed E-state index contributed by atoms with van der Waals surface area (Å²) < 4.78 is 12.8. The Kier molecular flexibility index (Phi) is 3.39. The van der Waals surface area contributed by atoms with Gasteiger partial charge in [0.05, 0.1) is 6.54 Å². The molecule has 2 heteroatoms. The maximum Gasteiger partial charge on any atom is 0.123 e. The summed E-state index contributed by atoms with van der Waals surface area (Å²) in [4.78, 5) is 4.26. The fourth-order valence-electron chi connectivity index (χ4n) is 1.06. The molecule has 0 spiro atoms. The van der Waals surface area contributed by atoms with Crippen LogP contribution in [-0.2, 0) is 6.54 Å². The number of benzene rings is 1. The molecule has 0 radical (unpaired) electrons. The molecule has 14 heavy (non-hydrogen) atoms. The molecule has 0 saturated carbocycles. The Bertz CT molecular complexity index is 323. The molecule has 1 rings (SSSR count). The van der Waals surface area contributed by atoms with Crippen molar-refractivity contribution < 1.29 is 4.39 Å². The van der Waals surface area contributed by atoms with Crippen LogP contribution in [0.25, 0.3) is 0 Å². The Balaban J connectivity index is 2.58. The van der Waals surface area contributed by atoms with E-state index < -0.39 is 0 Å². The minimum absolute atomic E-state index is 0.0906. The molecule has 1 aromatic carbocycles. The Morgan fingerprint density at radius 2 is 2.07 bits per heavy atom. The summed E-state index contributed by atoms with van der Waals surface area (Å²) >= 11 is 0. The van der Waals surface area contributed by atoms with Crippen molar-refractivity contribution >= 4 is 6.21 Å². The highest BCUT2D eigenvalue weighted by Crippen LogP contribution is 2.10. The minimum atomic E-state index is -0.201. The van der Waals surface area contributed by atoms with Crippen LogP contribution >= 0.6 is 0 Å². The maximum atomic E-state index is 12.8. The zero-order chi connectivity index (χ0) is 10.6. The summed E-state index contributed by atoms with van der Waals surface area (Å²) in [6.07, 6.45) is 1.90. The molecule has 0 unspecified atom stereocenters. The molecule has 0 saturated heterocycles. The van der Waals surface area contributed by atoms with E-state index in [4.69, 9.17) is 0 Å². The first-order valence-electron chi connectivity index (χ1n) is 4.73. The predicted octanol–water partition coefficient (Wildman–Crippen LogP) is 3.44. The number of hydrogen-bond acceptors (Lipinski definition) is 1. The van der Waals surface area contributed by atoms with Gasteiger partial charge in [0.15, 0.2) is 0 Å². The second-order valence-corrected chi connectivity index (χ2v) is 4.47. The fraction of sp³-hybridized carbons (Fsp3) is 0.417. The first kappa shape index (κ1) is 10.9. The van der Waals surface area contributed by atoms with E-state index in [0.29, 0.717) is 6.54 Å². The molecule has 76 valence electrons. The van der Waals surface area contributed by atoms with Gasteiger partial charge in [0.25, 0.3) is 0 Å². The van der Waals surface area contributed by atoms with Crippen LogP contribution in [-0.4, -0.2) is 6.21 Å². The van der Waals surface area contributed by atoms with Crippen LogP contribution < -0.4 is 0 Å². The summed E-state index contributed by atoms with van der Waals surface area (Å²) in [5.41, 5.74) is 0.998. The fourth-order valence-corrected chi connectivity index (χ4v) is 1.06. The maximum absolute atomic E-state index is 12.8. The van der Waals surface area contributed by atoms with Gasteiger partial charge in [-0.25, -0.2) is 4.39 Å². The number of hydrogen-bond donors (Lipinski definition) is 0. The second-order valence-electron chi connectivity index (χ2n) is 4.47. The molecule has 0 amide bonds. The first-order chi connectivity index (χ1) is 6.47. The van der Waals surface area contributed by atoms with E-state index in [9.17, 15) is 4.39 Å². The zero-order valence-corrected chi connectivity index (χ0v) is 8.92. The smallest absolute Gasteiger partial charge is 0.123 e. The summed E-state index contributed by atoms with van der Waals surface area (Å²) in [6, 6.07) is 6.54. The van der Waals surface area contributed by atoms with Crippen molar-refractivity contribution in [3.05, 3.63) is 35.6 Å². The molecule has 0 bridgehead atoms. The Morgan fingerprint density at radius 3 is 2.64 bits per heavy atom. The molecule has 0 aliphatic carbocycles. The molecular weight excluding hydrogens is 177 g/mol. The van der Waals surface area contributed by atoms with Crippen LogP contribution in [0.2, 0.25) is 0 Å². The molecule has 0 atom stereocenters. The van der Waals surface area contributed by atoms with Gasteiger partial charge < -0.3 is 0 Å². The molecule has 0 N–H and O–H groups in total. The Morgan fingerprint density at radius 1 is 1.36 bits per heavy atom. The molecule has 0 aliphatic heterocycles. The lowest BCUT2D eigenvalue weighted by atomic mass is 9.99. The standard InChI is InChI=1S/C12H16FN/c1-12(2,3)9-14-8-10-5-4-6-11(13)7-10/h4-7,9H,8H2,1-3H3. The van der Waals surface area contributed by atoms with Gasteiger partial charge in [-0.15, -0.1) is 0 Å².